The van der Waals surface area contributed by atoms with Gasteiger partial charge in [-0.1, -0.05) is 52.4 Å². The molecule has 0 aliphatic heterocycles. The Balaban J connectivity index is 4.36. The van der Waals surface area contributed by atoms with Crippen molar-refractivity contribution in [2.75, 3.05) is 36.2 Å². The third-order valence-electron chi connectivity index (χ3n) is 4.23. The van der Waals surface area contributed by atoms with E-state index < -0.39 is 31.7 Å². The summed E-state index contributed by atoms with van der Waals surface area (Å²) in [6.45, 7) is 5.16. The molecule has 0 rings (SSSR count). The second kappa shape index (κ2) is 15.2. The summed E-state index contributed by atoms with van der Waals surface area (Å²) in [7, 11) is -6.55. The van der Waals surface area contributed by atoms with Crippen molar-refractivity contribution in [3.05, 3.63) is 0 Å². The number of carbonyl (C=O) groups is 1. The Morgan fingerprint density at radius 1 is 0.786 bits per heavy atom. The van der Waals surface area contributed by atoms with Gasteiger partial charge in [0.15, 0.2) is 19.7 Å². The highest BCUT2D eigenvalue weighted by molar-refractivity contribution is 7.91. The van der Waals surface area contributed by atoms with E-state index in [1.54, 1.807) is 0 Å². The Morgan fingerprint density at radius 2 is 1.32 bits per heavy atom. The lowest BCUT2D eigenvalue weighted by Crippen LogP contribution is -2.32. The van der Waals surface area contributed by atoms with Crippen LogP contribution in [0.25, 0.3) is 0 Å². The quantitative estimate of drug-likeness (QED) is 0.237. The van der Waals surface area contributed by atoms with Crippen LogP contribution < -0.4 is 0 Å². The zero-order chi connectivity index (χ0) is 21.5. The molecule has 0 amide bonds. The van der Waals surface area contributed by atoms with Gasteiger partial charge in [-0.05, 0) is 12.8 Å². The largest absolute Gasteiger partial charge is 0.459 e. The zero-order valence-corrected chi connectivity index (χ0v) is 19.3. The van der Waals surface area contributed by atoms with Crippen LogP contribution >= 0.6 is 0 Å². The molecule has 28 heavy (non-hydrogen) atoms. The minimum absolute atomic E-state index is 0.0373. The molecule has 7 nitrogen and oxygen atoms in total. The molecule has 168 valence electrons. The summed E-state index contributed by atoms with van der Waals surface area (Å²) in [6, 6.07) is 0. The Kier molecular flexibility index (Phi) is 14.8. The number of carbonyl (C=O) groups excluding carboxylic acids is 1. The first-order valence-electron chi connectivity index (χ1n) is 10.3. The number of sulfone groups is 2. The minimum Gasteiger partial charge on any atom is -0.459 e. The summed E-state index contributed by atoms with van der Waals surface area (Å²) in [5.41, 5.74) is 0. The molecular formula is C19H38O7S2. The number of unbranched alkanes of at least 4 members (excludes halogenated alkanes) is 6. The molecule has 0 N–H and O–H groups in total. The van der Waals surface area contributed by atoms with Gasteiger partial charge in [-0.25, -0.2) is 16.8 Å². The molecule has 0 heterocycles. The van der Waals surface area contributed by atoms with Crippen LogP contribution in [0, 0.1) is 0 Å². The van der Waals surface area contributed by atoms with Crippen molar-refractivity contribution < 1.29 is 31.1 Å². The van der Waals surface area contributed by atoms with Gasteiger partial charge in [0, 0.05) is 6.92 Å². The van der Waals surface area contributed by atoms with Gasteiger partial charge in [-0.2, -0.15) is 0 Å². The van der Waals surface area contributed by atoms with Crippen molar-refractivity contribution >= 4 is 25.6 Å². The maximum Gasteiger partial charge on any atom is 0.303 e. The Morgan fingerprint density at radius 3 is 1.82 bits per heavy atom. The van der Waals surface area contributed by atoms with Gasteiger partial charge in [0.2, 0.25) is 0 Å². The van der Waals surface area contributed by atoms with E-state index in [-0.39, 0.29) is 36.2 Å². The van der Waals surface area contributed by atoms with Crippen LogP contribution in [0.3, 0.4) is 0 Å². The van der Waals surface area contributed by atoms with E-state index in [1.165, 1.54) is 6.92 Å². The van der Waals surface area contributed by atoms with Gasteiger partial charge in [-0.3, -0.25) is 4.79 Å². The molecule has 0 radical (unpaired) electrons. The highest BCUT2D eigenvalue weighted by Crippen LogP contribution is 2.08. The van der Waals surface area contributed by atoms with E-state index in [9.17, 15) is 21.6 Å². The first-order chi connectivity index (χ1) is 13.1. The number of esters is 1. The molecular weight excluding hydrogens is 404 g/mol. The Hall–Kier alpha value is -0.670. The molecule has 0 fully saturated rings. The third kappa shape index (κ3) is 16.3. The fourth-order valence-corrected chi connectivity index (χ4v) is 5.48. The van der Waals surface area contributed by atoms with E-state index in [0.29, 0.717) is 12.8 Å². The number of hydrogen-bond acceptors (Lipinski definition) is 7. The van der Waals surface area contributed by atoms with Crippen molar-refractivity contribution in [2.24, 2.45) is 0 Å². The minimum atomic E-state index is -3.37. The molecule has 0 saturated heterocycles. The second-order valence-corrected chi connectivity index (χ2v) is 11.7. The second-order valence-electron chi connectivity index (χ2n) is 7.19. The van der Waals surface area contributed by atoms with Crippen LogP contribution in [0.1, 0.15) is 72.1 Å². The van der Waals surface area contributed by atoms with Crippen molar-refractivity contribution in [2.45, 2.75) is 78.2 Å². The molecule has 0 aromatic rings. The molecule has 0 aliphatic carbocycles. The lowest BCUT2D eigenvalue weighted by atomic mass is 10.2. The summed E-state index contributed by atoms with van der Waals surface area (Å²) in [6.07, 6.45) is 6.11. The van der Waals surface area contributed by atoms with Gasteiger partial charge >= 0.3 is 5.97 Å². The molecule has 0 aliphatic rings. The summed E-state index contributed by atoms with van der Waals surface area (Å²) in [5, 5.41) is 0. The van der Waals surface area contributed by atoms with E-state index in [4.69, 9.17) is 9.47 Å². The first-order valence-corrected chi connectivity index (χ1v) is 13.9. The molecule has 0 unspecified atom stereocenters. The van der Waals surface area contributed by atoms with Crippen molar-refractivity contribution in [3.63, 3.8) is 0 Å². The van der Waals surface area contributed by atoms with Gasteiger partial charge < -0.3 is 9.47 Å². The molecule has 0 spiro atoms. The maximum atomic E-state index is 12.2. The molecule has 1 atom stereocenters. The lowest BCUT2D eigenvalue weighted by Gasteiger charge is -2.17. The van der Waals surface area contributed by atoms with Crippen LogP contribution in [0.4, 0.5) is 0 Å². The molecule has 9 heteroatoms. The van der Waals surface area contributed by atoms with E-state index >= 15 is 0 Å². The Labute approximate surface area is 171 Å². The van der Waals surface area contributed by atoms with Gasteiger partial charge in [-0.15, -0.1) is 0 Å². The highest BCUT2D eigenvalue weighted by atomic mass is 32.2. The van der Waals surface area contributed by atoms with Crippen LogP contribution in [0.2, 0.25) is 0 Å². The topological polar surface area (TPSA) is 104 Å². The standard InChI is InChI=1S/C19H38O7S2/c1-4-6-8-10-13-27(21,22)15-12-25-16-19(26-18(3)20)17-28(23,24)14-11-9-7-5-2/h19H,4-17H2,1-3H3/t19-/m1/s1. The molecule has 0 aromatic carbocycles. The van der Waals surface area contributed by atoms with Crippen LogP contribution in [-0.4, -0.2) is 65.1 Å². The average molecular weight is 443 g/mol. The first kappa shape index (κ1) is 27.3. The average Bonchev–Trinajstić information content (AvgIpc) is 2.58. The van der Waals surface area contributed by atoms with Crippen molar-refractivity contribution in [1.29, 1.82) is 0 Å². The summed E-state index contributed by atoms with van der Waals surface area (Å²) in [4.78, 5) is 11.2. The third-order valence-corrected chi connectivity index (χ3v) is 7.72. The predicted molar refractivity (Wildman–Crippen MR) is 112 cm³/mol. The number of hydrogen-bond donors (Lipinski definition) is 0. The van der Waals surface area contributed by atoms with Crippen LogP contribution in [-0.2, 0) is 33.9 Å². The van der Waals surface area contributed by atoms with E-state index in [2.05, 4.69) is 6.92 Å². The van der Waals surface area contributed by atoms with E-state index in [1.807, 2.05) is 6.92 Å². The van der Waals surface area contributed by atoms with E-state index in [0.717, 1.165) is 38.5 Å². The fraction of sp³-hybridized carbons (Fsp3) is 0.947. The predicted octanol–water partition coefficient (Wildman–Crippen LogP) is 2.92. The fourth-order valence-electron chi connectivity index (χ4n) is 2.72. The summed E-state index contributed by atoms with van der Waals surface area (Å²) >= 11 is 0. The summed E-state index contributed by atoms with van der Waals surface area (Å²) < 4.78 is 58.7. The Bertz CT molecular complexity index is 612. The normalized spacial score (nSPS) is 13.4. The highest BCUT2D eigenvalue weighted by Gasteiger charge is 2.22. The van der Waals surface area contributed by atoms with Crippen LogP contribution in [0.5, 0.6) is 0 Å². The van der Waals surface area contributed by atoms with Gasteiger partial charge in [0.1, 0.15) is 6.10 Å². The van der Waals surface area contributed by atoms with Crippen molar-refractivity contribution in [3.8, 4) is 0 Å². The number of ether oxygens (including phenoxy) is 2. The molecule has 0 bridgehead atoms. The lowest BCUT2D eigenvalue weighted by molar-refractivity contribution is -0.147. The maximum absolute atomic E-state index is 12.2. The SMILES string of the molecule is CCCCCCS(=O)(=O)CCOC[C@H](CS(=O)(=O)CCCCCC)OC(C)=O. The molecule has 0 aromatic heterocycles. The van der Waals surface area contributed by atoms with Gasteiger partial charge in [0.05, 0.1) is 36.2 Å². The zero-order valence-electron chi connectivity index (χ0n) is 17.7. The van der Waals surface area contributed by atoms with Gasteiger partial charge in [0.25, 0.3) is 0 Å². The smallest absolute Gasteiger partial charge is 0.303 e. The summed E-state index contributed by atoms with van der Waals surface area (Å²) in [5.74, 6) is -0.816. The molecule has 0 saturated carbocycles. The monoisotopic (exact) mass is 442 g/mol. The van der Waals surface area contributed by atoms with Crippen LogP contribution in [0.15, 0.2) is 0 Å². The number of rotatable bonds is 18. The van der Waals surface area contributed by atoms with Crippen molar-refractivity contribution in [1.82, 2.24) is 0 Å².